The maximum atomic E-state index is 11.9. The van der Waals surface area contributed by atoms with Crippen LogP contribution in [0, 0.1) is 0 Å². The van der Waals surface area contributed by atoms with E-state index >= 15 is 0 Å². The van der Waals surface area contributed by atoms with Crippen molar-refractivity contribution in [2.24, 2.45) is 0 Å². The van der Waals surface area contributed by atoms with Crippen molar-refractivity contribution < 1.29 is 4.79 Å². The van der Waals surface area contributed by atoms with Crippen molar-refractivity contribution in [3.8, 4) is 0 Å². The van der Waals surface area contributed by atoms with Crippen LogP contribution in [0.4, 0.5) is 5.69 Å². The predicted octanol–water partition coefficient (Wildman–Crippen LogP) is 1.90. The second-order valence-electron chi connectivity index (χ2n) is 5.31. The second kappa shape index (κ2) is 7.29. The lowest BCUT2D eigenvalue weighted by Gasteiger charge is -2.25. The molecule has 1 aromatic carbocycles. The molecule has 1 heterocycles. The molecule has 0 aliphatic carbocycles. The summed E-state index contributed by atoms with van der Waals surface area (Å²) in [6, 6.07) is 8.55. The summed E-state index contributed by atoms with van der Waals surface area (Å²) < 4.78 is 0. The second-order valence-corrected chi connectivity index (χ2v) is 5.31. The van der Waals surface area contributed by atoms with Gasteiger partial charge in [-0.1, -0.05) is 19.1 Å². The van der Waals surface area contributed by atoms with Gasteiger partial charge in [-0.15, -0.1) is 0 Å². The molecular formula is C16H25N3O. The van der Waals surface area contributed by atoms with Crippen LogP contribution >= 0.6 is 0 Å². The first-order chi connectivity index (χ1) is 9.76. The third kappa shape index (κ3) is 3.51. The Morgan fingerprint density at radius 2 is 2.10 bits per heavy atom. The molecule has 4 heteroatoms. The minimum absolute atomic E-state index is 0.0101. The van der Waals surface area contributed by atoms with Gasteiger partial charge in [0.15, 0.2) is 0 Å². The van der Waals surface area contributed by atoms with Crippen LogP contribution in [0.15, 0.2) is 24.3 Å². The Bertz CT molecular complexity index is 430. The largest absolute Gasteiger partial charge is 0.360 e. The summed E-state index contributed by atoms with van der Waals surface area (Å²) in [6.45, 7) is 5.09. The van der Waals surface area contributed by atoms with E-state index in [0.29, 0.717) is 0 Å². The SMILES string of the molecule is CCCNCc1ccc(N2CCCC2C(=O)NC)cc1. The van der Waals surface area contributed by atoms with E-state index < -0.39 is 0 Å². The molecule has 4 nitrogen and oxygen atoms in total. The number of rotatable bonds is 6. The highest BCUT2D eigenvalue weighted by Gasteiger charge is 2.29. The van der Waals surface area contributed by atoms with Crippen LogP contribution < -0.4 is 15.5 Å². The van der Waals surface area contributed by atoms with E-state index in [1.54, 1.807) is 7.05 Å². The lowest BCUT2D eigenvalue weighted by molar-refractivity contribution is -0.121. The molecule has 1 unspecified atom stereocenters. The van der Waals surface area contributed by atoms with Crippen molar-refractivity contribution in [3.63, 3.8) is 0 Å². The van der Waals surface area contributed by atoms with Crippen molar-refractivity contribution in [3.05, 3.63) is 29.8 Å². The van der Waals surface area contributed by atoms with Gasteiger partial charge in [0.1, 0.15) is 6.04 Å². The fourth-order valence-electron chi connectivity index (χ4n) is 2.73. The minimum atomic E-state index is -0.0101. The molecule has 1 aliphatic rings. The van der Waals surface area contributed by atoms with Gasteiger partial charge in [-0.25, -0.2) is 0 Å². The van der Waals surface area contributed by atoms with Crippen LogP contribution in [0.5, 0.6) is 0 Å². The summed E-state index contributed by atoms with van der Waals surface area (Å²) in [6.07, 6.45) is 3.18. The number of carbonyl (C=O) groups is 1. The monoisotopic (exact) mass is 275 g/mol. The Hall–Kier alpha value is -1.55. The van der Waals surface area contributed by atoms with E-state index in [0.717, 1.165) is 44.6 Å². The van der Waals surface area contributed by atoms with Crippen molar-refractivity contribution >= 4 is 11.6 Å². The minimum Gasteiger partial charge on any atom is -0.360 e. The standard InChI is InChI=1S/C16H25N3O/c1-3-10-18-12-13-6-8-14(9-7-13)19-11-4-5-15(19)16(20)17-2/h6-9,15,18H,3-5,10-12H2,1-2H3,(H,17,20). The van der Waals surface area contributed by atoms with Crippen LogP contribution in [-0.2, 0) is 11.3 Å². The molecule has 1 atom stereocenters. The maximum Gasteiger partial charge on any atom is 0.242 e. The Balaban J connectivity index is 2.00. The zero-order chi connectivity index (χ0) is 14.4. The molecule has 1 fully saturated rings. The fraction of sp³-hybridized carbons (Fsp3) is 0.562. The number of hydrogen-bond donors (Lipinski definition) is 2. The van der Waals surface area contributed by atoms with Crippen LogP contribution in [0.3, 0.4) is 0 Å². The predicted molar refractivity (Wildman–Crippen MR) is 82.9 cm³/mol. The van der Waals surface area contributed by atoms with Gasteiger partial charge in [-0.2, -0.15) is 0 Å². The Morgan fingerprint density at radius 1 is 1.35 bits per heavy atom. The Labute approximate surface area is 121 Å². The zero-order valence-electron chi connectivity index (χ0n) is 12.5. The van der Waals surface area contributed by atoms with E-state index in [4.69, 9.17) is 0 Å². The molecule has 1 saturated heterocycles. The quantitative estimate of drug-likeness (QED) is 0.779. The topological polar surface area (TPSA) is 44.4 Å². The van der Waals surface area contributed by atoms with Crippen LogP contribution in [0.2, 0.25) is 0 Å². The summed E-state index contributed by atoms with van der Waals surface area (Å²) in [7, 11) is 1.71. The van der Waals surface area contributed by atoms with Crippen LogP contribution in [0.25, 0.3) is 0 Å². The number of amides is 1. The molecule has 20 heavy (non-hydrogen) atoms. The fourth-order valence-corrected chi connectivity index (χ4v) is 2.73. The Morgan fingerprint density at radius 3 is 2.75 bits per heavy atom. The summed E-state index contributed by atoms with van der Waals surface area (Å²) >= 11 is 0. The molecule has 0 radical (unpaired) electrons. The zero-order valence-corrected chi connectivity index (χ0v) is 12.5. The van der Waals surface area contributed by atoms with Gasteiger partial charge in [0, 0.05) is 25.8 Å². The molecule has 110 valence electrons. The highest BCUT2D eigenvalue weighted by molar-refractivity contribution is 5.85. The summed E-state index contributed by atoms with van der Waals surface area (Å²) in [4.78, 5) is 14.1. The molecule has 1 aliphatic heterocycles. The van der Waals surface area contributed by atoms with Crippen molar-refractivity contribution in [1.29, 1.82) is 0 Å². The van der Waals surface area contributed by atoms with Gasteiger partial charge in [0.25, 0.3) is 0 Å². The average Bonchev–Trinajstić information content (AvgIpc) is 2.97. The number of nitrogens with zero attached hydrogens (tertiary/aromatic N) is 1. The number of anilines is 1. The lowest BCUT2D eigenvalue weighted by Crippen LogP contribution is -2.41. The highest BCUT2D eigenvalue weighted by Crippen LogP contribution is 2.25. The number of nitrogens with one attached hydrogen (secondary N) is 2. The highest BCUT2D eigenvalue weighted by atomic mass is 16.2. The first-order valence-corrected chi connectivity index (χ1v) is 7.54. The third-order valence-electron chi connectivity index (χ3n) is 3.83. The Kier molecular flexibility index (Phi) is 5.41. The summed E-state index contributed by atoms with van der Waals surface area (Å²) in [5.74, 6) is 0.121. The van der Waals surface area contributed by atoms with E-state index in [-0.39, 0.29) is 11.9 Å². The van der Waals surface area contributed by atoms with Crippen LogP contribution in [-0.4, -0.2) is 32.1 Å². The third-order valence-corrected chi connectivity index (χ3v) is 3.83. The lowest BCUT2D eigenvalue weighted by atomic mass is 10.1. The maximum absolute atomic E-state index is 11.9. The number of benzene rings is 1. The molecule has 1 aromatic rings. The summed E-state index contributed by atoms with van der Waals surface area (Å²) in [5.41, 5.74) is 2.44. The van der Waals surface area contributed by atoms with E-state index in [9.17, 15) is 4.79 Å². The molecule has 0 saturated carbocycles. The van der Waals surface area contributed by atoms with Crippen molar-refractivity contribution in [2.75, 3.05) is 25.0 Å². The molecule has 0 spiro atoms. The summed E-state index contributed by atoms with van der Waals surface area (Å²) in [5, 5.41) is 6.16. The first-order valence-electron chi connectivity index (χ1n) is 7.54. The molecular weight excluding hydrogens is 250 g/mol. The molecule has 2 rings (SSSR count). The number of carbonyl (C=O) groups excluding carboxylic acids is 1. The van der Waals surface area contributed by atoms with Crippen molar-refractivity contribution in [2.45, 2.75) is 38.8 Å². The molecule has 1 amide bonds. The van der Waals surface area contributed by atoms with Gasteiger partial charge in [0.2, 0.25) is 5.91 Å². The van der Waals surface area contributed by atoms with Gasteiger partial charge in [0.05, 0.1) is 0 Å². The molecule has 0 aromatic heterocycles. The van der Waals surface area contributed by atoms with E-state index in [1.165, 1.54) is 5.56 Å². The van der Waals surface area contributed by atoms with Gasteiger partial charge in [-0.3, -0.25) is 4.79 Å². The van der Waals surface area contributed by atoms with Crippen LogP contribution in [0.1, 0.15) is 31.7 Å². The van der Waals surface area contributed by atoms with Gasteiger partial charge >= 0.3 is 0 Å². The molecule has 2 N–H and O–H groups in total. The van der Waals surface area contributed by atoms with Gasteiger partial charge < -0.3 is 15.5 Å². The number of likely N-dealkylation sites (N-methyl/N-ethyl adjacent to an activating group) is 1. The van der Waals surface area contributed by atoms with Crippen molar-refractivity contribution in [1.82, 2.24) is 10.6 Å². The van der Waals surface area contributed by atoms with E-state index in [1.807, 2.05) is 0 Å². The van der Waals surface area contributed by atoms with E-state index in [2.05, 4.69) is 46.7 Å². The first kappa shape index (κ1) is 14.9. The molecule has 0 bridgehead atoms. The van der Waals surface area contributed by atoms with Gasteiger partial charge in [-0.05, 0) is 43.5 Å². The normalized spacial score (nSPS) is 18.3. The smallest absolute Gasteiger partial charge is 0.242 e. The average molecular weight is 275 g/mol. The number of hydrogen-bond acceptors (Lipinski definition) is 3.